The summed E-state index contributed by atoms with van der Waals surface area (Å²) in [5.41, 5.74) is 0. The molecule has 9 nitrogen and oxygen atoms in total. The molecule has 5 heterocycles. The minimum atomic E-state index is -0.0698. The quantitative estimate of drug-likeness (QED) is 0.691. The Morgan fingerprint density at radius 2 is 2.19 bits per heavy atom. The highest BCUT2D eigenvalue weighted by Crippen LogP contribution is 2.39. The van der Waals surface area contributed by atoms with Crippen molar-refractivity contribution in [3.05, 3.63) is 24.3 Å². The van der Waals surface area contributed by atoms with E-state index in [0.717, 1.165) is 32.4 Å². The number of rotatable bonds is 6. The van der Waals surface area contributed by atoms with Crippen molar-refractivity contribution < 1.29 is 18.5 Å². The third-order valence-electron chi connectivity index (χ3n) is 6.68. The Bertz CT molecular complexity index is 901. The zero-order chi connectivity index (χ0) is 20.5. The van der Waals surface area contributed by atoms with Gasteiger partial charge in [-0.2, -0.15) is 4.98 Å². The molecule has 5 rings (SSSR count). The van der Waals surface area contributed by atoms with E-state index in [1.807, 2.05) is 0 Å². The van der Waals surface area contributed by atoms with Gasteiger partial charge in [-0.05, 0) is 49.8 Å². The molecule has 3 aliphatic rings. The van der Waals surface area contributed by atoms with Crippen LogP contribution in [0.1, 0.15) is 38.0 Å². The van der Waals surface area contributed by atoms with Crippen molar-refractivity contribution in [3.8, 4) is 11.6 Å². The molecule has 0 saturated carbocycles. The summed E-state index contributed by atoms with van der Waals surface area (Å²) in [6.07, 6.45) is 5.99. The third-order valence-corrected chi connectivity index (χ3v) is 6.68. The summed E-state index contributed by atoms with van der Waals surface area (Å²) in [4.78, 5) is 31.5. The first-order valence-corrected chi connectivity index (χ1v) is 10.8. The molecule has 0 aromatic carbocycles. The van der Waals surface area contributed by atoms with Crippen molar-refractivity contribution in [2.45, 2.75) is 50.6 Å². The van der Waals surface area contributed by atoms with Gasteiger partial charge in [-0.25, -0.2) is 0 Å². The van der Waals surface area contributed by atoms with E-state index in [1.54, 1.807) is 18.4 Å². The molecule has 0 unspecified atom stereocenters. The van der Waals surface area contributed by atoms with Crippen molar-refractivity contribution in [3.63, 3.8) is 0 Å². The Morgan fingerprint density at radius 1 is 1.32 bits per heavy atom. The van der Waals surface area contributed by atoms with Crippen molar-refractivity contribution >= 4 is 24.2 Å². The van der Waals surface area contributed by atoms with E-state index < -0.39 is 0 Å². The molecule has 2 bridgehead atoms. The topological polar surface area (TPSA) is 113 Å². The minimum absolute atomic E-state index is 0. The van der Waals surface area contributed by atoms with Crippen LogP contribution in [0.15, 0.2) is 27.3 Å². The van der Waals surface area contributed by atoms with Gasteiger partial charge in [0.05, 0.1) is 12.3 Å². The highest BCUT2D eigenvalue weighted by atomic mass is 35.5. The average molecular weight is 450 g/mol. The number of amides is 2. The smallest absolute Gasteiger partial charge is 0.238 e. The predicted molar refractivity (Wildman–Crippen MR) is 113 cm³/mol. The number of aryl methyl sites for hydroxylation is 1. The number of aromatic nitrogens is 2. The SMILES string of the molecule is Cl.O=C(CCc1nc(-c2ccco2)no1)NC[C@H]1[C@@H]2CNC[C@@H](C2)[C@@H]2CCCC(=O)N21. The average Bonchev–Trinajstić information content (AvgIpc) is 3.45. The summed E-state index contributed by atoms with van der Waals surface area (Å²) in [7, 11) is 0. The molecule has 10 heteroatoms. The molecule has 0 aliphatic carbocycles. The van der Waals surface area contributed by atoms with Gasteiger partial charge in [-0.3, -0.25) is 9.59 Å². The van der Waals surface area contributed by atoms with Crippen molar-refractivity contribution in [2.75, 3.05) is 19.6 Å². The molecular weight excluding hydrogens is 422 g/mol. The fourth-order valence-corrected chi connectivity index (χ4v) is 5.29. The van der Waals surface area contributed by atoms with Crippen LogP contribution in [-0.2, 0) is 16.0 Å². The van der Waals surface area contributed by atoms with Gasteiger partial charge in [-0.1, -0.05) is 5.16 Å². The normalized spacial score (nSPS) is 27.4. The van der Waals surface area contributed by atoms with E-state index in [0.29, 0.717) is 54.7 Å². The number of hydrogen-bond acceptors (Lipinski definition) is 7. The lowest BCUT2D eigenvalue weighted by atomic mass is 9.72. The Labute approximate surface area is 186 Å². The summed E-state index contributed by atoms with van der Waals surface area (Å²) in [6.45, 7) is 2.40. The maximum atomic E-state index is 12.7. The maximum absolute atomic E-state index is 12.7. The molecule has 2 N–H and O–H groups in total. The second kappa shape index (κ2) is 9.40. The number of halogens is 1. The van der Waals surface area contributed by atoms with Crippen molar-refractivity contribution in [1.82, 2.24) is 25.7 Å². The summed E-state index contributed by atoms with van der Waals surface area (Å²) < 4.78 is 10.5. The summed E-state index contributed by atoms with van der Waals surface area (Å²) in [6, 6.07) is 3.90. The van der Waals surface area contributed by atoms with Gasteiger partial charge in [0.1, 0.15) is 0 Å². The molecule has 31 heavy (non-hydrogen) atoms. The van der Waals surface area contributed by atoms with Gasteiger partial charge in [0.15, 0.2) is 5.76 Å². The van der Waals surface area contributed by atoms with Crippen LogP contribution >= 0.6 is 12.4 Å². The zero-order valence-corrected chi connectivity index (χ0v) is 18.1. The molecule has 3 saturated heterocycles. The van der Waals surface area contributed by atoms with Gasteiger partial charge in [-0.15, -0.1) is 12.4 Å². The number of nitrogens with one attached hydrogen (secondary N) is 2. The first-order valence-electron chi connectivity index (χ1n) is 10.8. The predicted octanol–water partition coefficient (Wildman–Crippen LogP) is 1.79. The fraction of sp³-hybridized carbons (Fsp3) is 0.619. The largest absolute Gasteiger partial charge is 0.461 e. The lowest BCUT2D eigenvalue weighted by molar-refractivity contribution is -0.149. The third kappa shape index (κ3) is 4.48. The number of furan rings is 1. The molecule has 0 spiro atoms. The first-order chi connectivity index (χ1) is 14.7. The molecule has 2 aromatic heterocycles. The lowest BCUT2D eigenvalue weighted by Gasteiger charge is -2.54. The van der Waals surface area contributed by atoms with Gasteiger partial charge in [0.25, 0.3) is 0 Å². The standard InChI is InChI=1S/C21H27N5O4.ClH/c27-18(6-7-19-24-21(25-30-19)17-4-2-8-29-17)23-12-16-14-9-13(10-22-11-14)15-3-1-5-20(28)26(15)16;/h2,4,8,13-16,22H,1,3,5-7,9-12H2,(H,23,27);1H/t13-,14+,15+,16+;/m1./s1. The Balaban J connectivity index is 0.00000231. The van der Waals surface area contributed by atoms with E-state index in [4.69, 9.17) is 8.94 Å². The van der Waals surface area contributed by atoms with Gasteiger partial charge < -0.3 is 24.5 Å². The number of nitrogens with zero attached hydrogens (tertiary/aromatic N) is 3. The summed E-state index contributed by atoms with van der Waals surface area (Å²) in [5, 5.41) is 10.5. The number of piperidine rings is 3. The zero-order valence-electron chi connectivity index (χ0n) is 17.3. The molecule has 3 aliphatic heterocycles. The second-order valence-electron chi connectivity index (χ2n) is 8.54. The molecular formula is C21H28ClN5O4. The Kier molecular flexibility index (Phi) is 6.62. The Hall–Kier alpha value is -2.39. The first kappa shape index (κ1) is 21.8. The minimum Gasteiger partial charge on any atom is -0.461 e. The highest BCUT2D eigenvalue weighted by Gasteiger charge is 2.47. The van der Waals surface area contributed by atoms with Crippen LogP contribution in [0, 0.1) is 11.8 Å². The Morgan fingerprint density at radius 3 is 3.03 bits per heavy atom. The van der Waals surface area contributed by atoms with Crippen LogP contribution in [-0.4, -0.2) is 58.6 Å². The van der Waals surface area contributed by atoms with E-state index >= 15 is 0 Å². The van der Waals surface area contributed by atoms with Gasteiger partial charge in [0.2, 0.25) is 23.5 Å². The van der Waals surface area contributed by atoms with E-state index in [9.17, 15) is 9.59 Å². The molecule has 3 fully saturated rings. The second-order valence-corrected chi connectivity index (χ2v) is 8.54. The molecule has 2 amide bonds. The summed E-state index contributed by atoms with van der Waals surface area (Å²) in [5.74, 6) is 2.44. The monoisotopic (exact) mass is 449 g/mol. The van der Waals surface area contributed by atoms with Crippen LogP contribution in [0.3, 0.4) is 0 Å². The van der Waals surface area contributed by atoms with Crippen LogP contribution in [0.4, 0.5) is 0 Å². The maximum Gasteiger partial charge on any atom is 0.238 e. The van der Waals surface area contributed by atoms with Crippen LogP contribution < -0.4 is 10.6 Å². The van der Waals surface area contributed by atoms with Gasteiger partial charge in [0, 0.05) is 38.4 Å². The molecule has 4 atom stereocenters. The van der Waals surface area contributed by atoms with Gasteiger partial charge >= 0.3 is 0 Å². The van der Waals surface area contributed by atoms with Crippen molar-refractivity contribution in [2.24, 2.45) is 11.8 Å². The van der Waals surface area contributed by atoms with E-state index in [1.165, 1.54) is 0 Å². The highest BCUT2D eigenvalue weighted by molar-refractivity contribution is 5.85. The number of fused-ring (bicyclic) bond motifs is 4. The fourth-order valence-electron chi connectivity index (χ4n) is 5.29. The summed E-state index contributed by atoms with van der Waals surface area (Å²) >= 11 is 0. The lowest BCUT2D eigenvalue weighted by Crippen LogP contribution is -2.66. The number of hydrogen-bond donors (Lipinski definition) is 2. The molecule has 0 radical (unpaired) electrons. The number of carbonyl (C=O) groups is 2. The van der Waals surface area contributed by atoms with Crippen molar-refractivity contribution in [1.29, 1.82) is 0 Å². The van der Waals surface area contributed by atoms with Crippen LogP contribution in [0.25, 0.3) is 11.6 Å². The van der Waals surface area contributed by atoms with E-state index in [-0.39, 0.29) is 36.7 Å². The van der Waals surface area contributed by atoms with Crippen LogP contribution in [0.2, 0.25) is 0 Å². The van der Waals surface area contributed by atoms with E-state index in [2.05, 4.69) is 25.7 Å². The molecule has 168 valence electrons. The van der Waals surface area contributed by atoms with Crippen LogP contribution in [0.5, 0.6) is 0 Å². The molecule has 2 aromatic rings. The number of carbonyl (C=O) groups excluding carboxylic acids is 2.